The summed E-state index contributed by atoms with van der Waals surface area (Å²) >= 11 is 0. The smallest absolute Gasteiger partial charge is 0.157 e. The first-order chi connectivity index (χ1) is 15.7. The van der Waals surface area contributed by atoms with Crippen molar-refractivity contribution >= 4 is 12.6 Å². The molecule has 3 saturated carbocycles. The van der Waals surface area contributed by atoms with E-state index < -0.39 is 22.8 Å². The SMILES string of the molecule is CC(C)C[C@H](c1c(O)c(C=O)c(O)c(C=O)c1O)[C@@]1(C)CC[C@@H]2C1[C@H]1[C@@H](CC[C@@]2(C)O)C1(C)C. The molecule has 0 amide bonds. The number of carbonyl (C=O) groups excluding carboxylic acids is 2. The Labute approximate surface area is 202 Å². The zero-order chi connectivity index (χ0) is 25.4. The molecule has 0 heterocycles. The van der Waals surface area contributed by atoms with Gasteiger partial charge in [0.25, 0.3) is 0 Å². The average molecular weight is 473 g/mol. The van der Waals surface area contributed by atoms with Crippen LogP contribution in [-0.4, -0.2) is 38.6 Å². The van der Waals surface area contributed by atoms with Crippen molar-refractivity contribution in [2.75, 3.05) is 0 Å². The molecular weight excluding hydrogens is 432 g/mol. The molecule has 6 nitrogen and oxygen atoms in total. The van der Waals surface area contributed by atoms with Crippen LogP contribution in [-0.2, 0) is 0 Å². The highest BCUT2D eigenvalue weighted by Gasteiger charge is 2.70. The standard InChI is InChI=1S/C28H40O6/c1-14(2)11-19(20-24(32)15(12-29)23(31)16(13-30)25(20)33)27(5)9-7-18-22(27)21-17(26(21,3)4)8-10-28(18,6)34/h12-14,17-19,21-22,31-34H,7-11H2,1-6H3/t17-,18-,19-,21-,22?,27-,28-/m1/s1. The number of fused-ring (bicyclic) bond motifs is 3. The molecule has 7 atom stereocenters. The van der Waals surface area contributed by atoms with Gasteiger partial charge in [-0.1, -0.05) is 34.6 Å². The highest BCUT2D eigenvalue weighted by atomic mass is 16.3. The van der Waals surface area contributed by atoms with Crippen molar-refractivity contribution in [2.24, 2.45) is 40.4 Å². The van der Waals surface area contributed by atoms with Crippen LogP contribution in [0.3, 0.4) is 0 Å². The van der Waals surface area contributed by atoms with Gasteiger partial charge in [-0.2, -0.15) is 0 Å². The van der Waals surface area contributed by atoms with E-state index in [-0.39, 0.29) is 51.2 Å². The molecule has 0 aromatic heterocycles. The molecule has 0 aliphatic heterocycles. The van der Waals surface area contributed by atoms with Gasteiger partial charge in [-0.05, 0) is 85.4 Å². The Hall–Kier alpha value is -2.08. The highest BCUT2D eigenvalue weighted by Crippen LogP contribution is 2.76. The number of aliphatic hydroxyl groups is 1. The van der Waals surface area contributed by atoms with Crippen LogP contribution < -0.4 is 0 Å². The van der Waals surface area contributed by atoms with Gasteiger partial charge in [0.05, 0.1) is 16.7 Å². The lowest BCUT2D eigenvalue weighted by atomic mass is 9.59. The van der Waals surface area contributed by atoms with E-state index >= 15 is 0 Å². The van der Waals surface area contributed by atoms with Crippen LogP contribution in [0.5, 0.6) is 17.2 Å². The molecule has 0 spiro atoms. The van der Waals surface area contributed by atoms with E-state index in [2.05, 4.69) is 34.6 Å². The molecule has 0 radical (unpaired) electrons. The largest absolute Gasteiger partial charge is 0.507 e. The molecule has 6 heteroatoms. The van der Waals surface area contributed by atoms with E-state index in [4.69, 9.17) is 0 Å². The van der Waals surface area contributed by atoms with E-state index in [0.29, 0.717) is 30.8 Å². The maximum absolute atomic E-state index is 11.8. The number of hydrogen-bond acceptors (Lipinski definition) is 6. The van der Waals surface area contributed by atoms with Gasteiger partial charge in [0.2, 0.25) is 0 Å². The van der Waals surface area contributed by atoms with E-state index in [0.717, 1.165) is 25.7 Å². The highest BCUT2D eigenvalue weighted by molar-refractivity contribution is 5.95. The first kappa shape index (κ1) is 25.0. The Bertz CT molecular complexity index is 974. The van der Waals surface area contributed by atoms with E-state index in [1.807, 2.05) is 6.92 Å². The summed E-state index contributed by atoms with van der Waals surface area (Å²) in [5, 5.41) is 44.1. The number of aromatic hydroxyl groups is 3. The van der Waals surface area contributed by atoms with Gasteiger partial charge in [-0.25, -0.2) is 0 Å². The van der Waals surface area contributed by atoms with Gasteiger partial charge in [-0.15, -0.1) is 0 Å². The van der Waals surface area contributed by atoms with Crippen molar-refractivity contribution < 1.29 is 30.0 Å². The van der Waals surface area contributed by atoms with Gasteiger partial charge in [0, 0.05) is 5.56 Å². The number of phenolic OH excluding ortho intramolecular Hbond substituents is 3. The van der Waals surface area contributed by atoms with Crippen molar-refractivity contribution in [3.05, 3.63) is 16.7 Å². The molecule has 4 rings (SSSR count). The Morgan fingerprint density at radius 2 is 1.38 bits per heavy atom. The zero-order valence-electron chi connectivity index (χ0n) is 21.3. The third-order valence-electron chi connectivity index (χ3n) is 10.1. The van der Waals surface area contributed by atoms with Crippen molar-refractivity contribution in [1.82, 2.24) is 0 Å². The van der Waals surface area contributed by atoms with Crippen molar-refractivity contribution in [3.8, 4) is 17.2 Å². The van der Waals surface area contributed by atoms with Crippen LogP contribution in [0.1, 0.15) is 106 Å². The molecule has 0 saturated heterocycles. The maximum Gasteiger partial charge on any atom is 0.157 e. The number of hydrogen-bond donors (Lipinski definition) is 4. The van der Waals surface area contributed by atoms with Crippen molar-refractivity contribution in [1.29, 1.82) is 0 Å². The minimum atomic E-state index is -0.782. The van der Waals surface area contributed by atoms with Crippen LogP contribution in [0.4, 0.5) is 0 Å². The molecule has 1 aromatic carbocycles. The van der Waals surface area contributed by atoms with E-state index in [9.17, 15) is 30.0 Å². The summed E-state index contributed by atoms with van der Waals surface area (Å²) in [5.74, 6) is -0.524. The van der Waals surface area contributed by atoms with Gasteiger partial charge in [0.1, 0.15) is 17.2 Å². The molecule has 1 unspecified atom stereocenters. The molecule has 0 bridgehead atoms. The molecule has 1 aromatic rings. The van der Waals surface area contributed by atoms with Gasteiger partial charge in [0.15, 0.2) is 12.6 Å². The normalized spacial score (nSPS) is 36.9. The maximum atomic E-state index is 11.8. The third kappa shape index (κ3) is 3.39. The number of rotatable bonds is 6. The summed E-state index contributed by atoms with van der Waals surface area (Å²) in [4.78, 5) is 23.6. The predicted octanol–water partition coefficient (Wildman–Crippen LogP) is 5.41. The zero-order valence-corrected chi connectivity index (χ0v) is 21.3. The second-order valence-electron chi connectivity index (χ2n) is 12.7. The third-order valence-corrected chi connectivity index (χ3v) is 10.1. The summed E-state index contributed by atoms with van der Waals surface area (Å²) in [5.41, 5.74) is -1.55. The quantitative estimate of drug-likeness (QED) is 0.412. The second kappa shape index (κ2) is 7.97. The van der Waals surface area contributed by atoms with Crippen LogP contribution in [0.15, 0.2) is 0 Å². The summed E-state index contributed by atoms with van der Waals surface area (Å²) in [7, 11) is 0. The molecule has 34 heavy (non-hydrogen) atoms. The fraction of sp³-hybridized carbons (Fsp3) is 0.714. The van der Waals surface area contributed by atoms with E-state index in [1.54, 1.807) is 0 Å². The number of benzene rings is 1. The van der Waals surface area contributed by atoms with Crippen molar-refractivity contribution in [3.63, 3.8) is 0 Å². The molecule has 188 valence electrons. The Balaban J connectivity index is 1.94. The first-order valence-electron chi connectivity index (χ1n) is 12.7. The Kier molecular flexibility index (Phi) is 5.87. The average Bonchev–Trinajstić information content (AvgIpc) is 3.13. The summed E-state index contributed by atoms with van der Waals surface area (Å²) in [6.07, 6.45) is 4.71. The first-order valence-corrected chi connectivity index (χ1v) is 12.7. The minimum absolute atomic E-state index is 0.0985. The monoisotopic (exact) mass is 472 g/mol. The fourth-order valence-corrected chi connectivity index (χ4v) is 8.23. The molecule has 4 N–H and O–H groups in total. The molecule has 3 aliphatic carbocycles. The summed E-state index contributed by atoms with van der Waals surface area (Å²) < 4.78 is 0. The summed E-state index contributed by atoms with van der Waals surface area (Å²) in [6, 6.07) is 0. The molecule has 3 aliphatic rings. The fourth-order valence-electron chi connectivity index (χ4n) is 8.23. The topological polar surface area (TPSA) is 115 Å². The van der Waals surface area contributed by atoms with E-state index in [1.165, 1.54) is 0 Å². The Morgan fingerprint density at radius 1 is 0.853 bits per heavy atom. The number of carbonyl (C=O) groups is 2. The van der Waals surface area contributed by atoms with Gasteiger partial charge >= 0.3 is 0 Å². The lowest BCUT2D eigenvalue weighted by molar-refractivity contribution is -0.0441. The van der Waals surface area contributed by atoms with Crippen LogP contribution in [0.2, 0.25) is 0 Å². The lowest BCUT2D eigenvalue weighted by Crippen LogP contribution is -2.42. The number of phenols is 3. The number of aldehydes is 2. The minimum Gasteiger partial charge on any atom is -0.507 e. The second-order valence-corrected chi connectivity index (χ2v) is 12.7. The predicted molar refractivity (Wildman–Crippen MR) is 129 cm³/mol. The van der Waals surface area contributed by atoms with Gasteiger partial charge in [-0.3, -0.25) is 9.59 Å². The summed E-state index contributed by atoms with van der Waals surface area (Å²) in [6.45, 7) is 12.9. The molecule has 3 fully saturated rings. The lowest BCUT2D eigenvalue weighted by Gasteiger charge is -2.45. The Morgan fingerprint density at radius 3 is 1.88 bits per heavy atom. The van der Waals surface area contributed by atoms with Crippen molar-refractivity contribution in [2.45, 2.75) is 85.2 Å². The van der Waals surface area contributed by atoms with Crippen LogP contribution in [0.25, 0.3) is 0 Å². The van der Waals surface area contributed by atoms with Gasteiger partial charge < -0.3 is 20.4 Å². The molecular formula is C28H40O6. The van der Waals surface area contributed by atoms with Crippen LogP contribution in [0, 0.1) is 40.4 Å². The van der Waals surface area contributed by atoms with Crippen LogP contribution >= 0.6 is 0 Å².